The number of phenolic OH excluding ortho intramolecular Hbond substituents is 1. The Balaban J connectivity index is 2.03. The molecular formula is C21H22N2O4S. The highest BCUT2D eigenvalue weighted by Gasteiger charge is 2.26. The van der Waals surface area contributed by atoms with Crippen molar-refractivity contribution < 1.29 is 19.4 Å². The van der Waals surface area contributed by atoms with Crippen LogP contribution in [0.2, 0.25) is 0 Å². The van der Waals surface area contributed by atoms with Crippen LogP contribution in [0.3, 0.4) is 0 Å². The number of benzene rings is 1. The largest absolute Gasteiger partial charge is 0.504 e. The van der Waals surface area contributed by atoms with Gasteiger partial charge in [0.2, 0.25) is 0 Å². The van der Waals surface area contributed by atoms with E-state index in [0.29, 0.717) is 22.9 Å². The maximum Gasteiger partial charge on any atom is 0.350 e. The molecule has 146 valence electrons. The van der Waals surface area contributed by atoms with Gasteiger partial charge in [-0.2, -0.15) is 0 Å². The van der Waals surface area contributed by atoms with Gasteiger partial charge in [-0.15, -0.1) is 11.3 Å². The van der Waals surface area contributed by atoms with Crippen molar-refractivity contribution >= 4 is 33.2 Å². The summed E-state index contributed by atoms with van der Waals surface area (Å²) >= 11 is 1.28. The molecule has 2 aromatic heterocycles. The highest BCUT2D eigenvalue weighted by molar-refractivity contribution is 7.21. The van der Waals surface area contributed by atoms with E-state index >= 15 is 0 Å². The van der Waals surface area contributed by atoms with E-state index in [1.807, 2.05) is 6.07 Å². The molecule has 0 saturated carbocycles. The zero-order valence-corrected chi connectivity index (χ0v) is 16.7. The standard InChI is InChI=1S/C21H22N2O4S/c1-3-27-21(25)19-18(22)17-16(11-8-9-14(24)15(10-11)26-2)12-6-4-5-7-13(12)23-20(17)28-19/h8-10,24H,3-7,22H2,1-2H3. The van der Waals surface area contributed by atoms with E-state index in [4.69, 9.17) is 20.2 Å². The number of methoxy groups -OCH3 is 1. The molecule has 3 aromatic rings. The molecule has 0 saturated heterocycles. The third kappa shape index (κ3) is 2.96. The molecule has 1 aromatic carbocycles. The predicted molar refractivity (Wildman–Crippen MR) is 110 cm³/mol. The summed E-state index contributed by atoms with van der Waals surface area (Å²) in [5, 5.41) is 10.8. The summed E-state index contributed by atoms with van der Waals surface area (Å²) in [5.41, 5.74) is 10.9. The summed E-state index contributed by atoms with van der Waals surface area (Å²) in [6, 6.07) is 5.27. The Morgan fingerprint density at radius 3 is 2.86 bits per heavy atom. The fraction of sp³-hybridized carbons (Fsp3) is 0.333. The number of carbonyl (C=O) groups excluding carboxylic acids is 1. The minimum absolute atomic E-state index is 0.0796. The van der Waals surface area contributed by atoms with Gasteiger partial charge in [-0.1, -0.05) is 6.07 Å². The van der Waals surface area contributed by atoms with Crippen LogP contribution in [0.4, 0.5) is 5.69 Å². The lowest BCUT2D eigenvalue weighted by Gasteiger charge is -2.20. The fourth-order valence-electron chi connectivity index (χ4n) is 3.81. The number of phenols is 1. The maximum absolute atomic E-state index is 12.4. The maximum atomic E-state index is 12.4. The Morgan fingerprint density at radius 2 is 2.11 bits per heavy atom. The number of esters is 1. The average molecular weight is 398 g/mol. The molecule has 0 amide bonds. The Morgan fingerprint density at radius 1 is 1.32 bits per heavy atom. The smallest absolute Gasteiger partial charge is 0.350 e. The van der Waals surface area contributed by atoms with Crippen molar-refractivity contribution in [2.75, 3.05) is 19.5 Å². The third-order valence-corrected chi connectivity index (χ3v) is 6.16. The number of aryl methyl sites for hydroxylation is 1. The Labute approximate surface area is 166 Å². The second-order valence-corrected chi connectivity index (χ2v) is 7.75. The van der Waals surface area contributed by atoms with Gasteiger partial charge in [-0.25, -0.2) is 9.78 Å². The SMILES string of the molecule is CCOC(=O)c1sc2nc3c(c(-c4ccc(O)c(OC)c4)c2c1N)CCCC3. The average Bonchev–Trinajstić information content (AvgIpc) is 3.03. The van der Waals surface area contributed by atoms with E-state index in [1.54, 1.807) is 19.1 Å². The molecule has 1 aliphatic rings. The number of aromatic hydroxyl groups is 1. The fourth-order valence-corrected chi connectivity index (χ4v) is 4.82. The first-order valence-corrected chi connectivity index (χ1v) is 10.1. The zero-order chi connectivity index (χ0) is 19.8. The predicted octanol–water partition coefficient (Wildman–Crippen LogP) is 4.32. The van der Waals surface area contributed by atoms with Gasteiger partial charge in [0.25, 0.3) is 0 Å². The van der Waals surface area contributed by atoms with E-state index in [9.17, 15) is 9.90 Å². The molecule has 6 nitrogen and oxygen atoms in total. The van der Waals surface area contributed by atoms with Crippen LogP contribution in [-0.2, 0) is 17.6 Å². The number of nitrogen functional groups attached to an aromatic ring is 1. The van der Waals surface area contributed by atoms with Crippen LogP contribution in [0.1, 0.15) is 40.7 Å². The van der Waals surface area contributed by atoms with Gasteiger partial charge in [-0.3, -0.25) is 0 Å². The van der Waals surface area contributed by atoms with Crippen LogP contribution >= 0.6 is 11.3 Å². The number of carbonyl (C=O) groups is 1. The van der Waals surface area contributed by atoms with Crippen LogP contribution in [-0.4, -0.2) is 29.8 Å². The quantitative estimate of drug-likeness (QED) is 0.636. The number of nitrogens with zero attached hydrogens (tertiary/aromatic N) is 1. The Hall–Kier alpha value is -2.80. The van der Waals surface area contributed by atoms with Crippen LogP contribution in [0.25, 0.3) is 21.3 Å². The molecule has 7 heteroatoms. The summed E-state index contributed by atoms with van der Waals surface area (Å²) in [6.07, 6.45) is 3.98. The molecule has 0 fully saturated rings. The first kappa shape index (κ1) is 18.6. The van der Waals surface area contributed by atoms with E-state index in [1.165, 1.54) is 18.4 Å². The molecule has 1 aliphatic carbocycles. The lowest BCUT2D eigenvalue weighted by molar-refractivity contribution is 0.0533. The lowest BCUT2D eigenvalue weighted by atomic mass is 9.87. The van der Waals surface area contributed by atoms with Crippen molar-refractivity contribution in [2.24, 2.45) is 0 Å². The van der Waals surface area contributed by atoms with Gasteiger partial charge in [0.05, 0.1) is 19.4 Å². The highest BCUT2D eigenvalue weighted by atomic mass is 32.1. The minimum atomic E-state index is -0.421. The van der Waals surface area contributed by atoms with Gasteiger partial charge >= 0.3 is 5.97 Å². The van der Waals surface area contributed by atoms with Crippen molar-refractivity contribution in [3.63, 3.8) is 0 Å². The molecule has 0 spiro atoms. The number of rotatable bonds is 4. The first-order chi connectivity index (χ1) is 13.5. The van der Waals surface area contributed by atoms with Crippen LogP contribution in [0.15, 0.2) is 18.2 Å². The summed E-state index contributed by atoms with van der Waals surface area (Å²) in [7, 11) is 1.52. The molecule has 0 bridgehead atoms. The van der Waals surface area contributed by atoms with Gasteiger partial charge < -0.3 is 20.3 Å². The second kappa shape index (κ2) is 7.31. The lowest BCUT2D eigenvalue weighted by Crippen LogP contribution is -2.08. The van der Waals surface area contributed by atoms with Gasteiger partial charge in [0, 0.05) is 11.1 Å². The molecule has 0 atom stereocenters. The summed E-state index contributed by atoms with van der Waals surface area (Å²) in [4.78, 5) is 18.3. The molecule has 3 N–H and O–H groups in total. The number of thiophene rings is 1. The molecule has 0 aliphatic heterocycles. The number of fused-ring (bicyclic) bond motifs is 2. The van der Waals surface area contributed by atoms with E-state index in [2.05, 4.69) is 0 Å². The van der Waals surface area contributed by atoms with Crippen molar-refractivity contribution in [3.8, 4) is 22.6 Å². The molecule has 2 heterocycles. The molecule has 0 unspecified atom stereocenters. The number of ether oxygens (including phenoxy) is 2. The molecule has 4 rings (SSSR count). The number of hydrogen-bond donors (Lipinski definition) is 2. The first-order valence-electron chi connectivity index (χ1n) is 9.33. The van der Waals surface area contributed by atoms with Crippen molar-refractivity contribution in [1.29, 1.82) is 0 Å². The van der Waals surface area contributed by atoms with Crippen LogP contribution in [0.5, 0.6) is 11.5 Å². The monoisotopic (exact) mass is 398 g/mol. The highest BCUT2D eigenvalue weighted by Crippen LogP contribution is 2.45. The van der Waals surface area contributed by atoms with E-state index < -0.39 is 5.97 Å². The van der Waals surface area contributed by atoms with Crippen molar-refractivity contribution in [2.45, 2.75) is 32.6 Å². The van der Waals surface area contributed by atoms with Gasteiger partial charge in [0.1, 0.15) is 9.71 Å². The number of anilines is 1. The Bertz CT molecular complexity index is 1070. The van der Waals surface area contributed by atoms with Crippen LogP contribution < -0.4 is 10.5 Å². The molecule has 0 radical (unpaired) electrons. The van der Waals surface area contributed by atoms with E-state index in [-0.39, 0.29) is 5.75 Å². The number of nitrogens with two attached hydrogens (primary N) is 1. The van der Waals surface area contributed by atoms with Gasteiger partial charge in [-0.05, 0) is 61.4 Å². The third-order valence-electron chi connectivity index (χ3n) is 5.08. The van der Waals surface area contributed by atoms with Crippen molar-refractivity contribution in [1.82, 2.24) is 4.98 Å². The second-order valence-electron chi connectivity index (χ2n) is 6.75. The molecule has 28 heavy (non-hydrogen) atoms. The number of aromatic nitrogens is 1. The Kier molecular flexibility index (Phi) is 4.85. The summed E-state index contributed by atoms with van der Waals surface area (Å²) in [6.45, 7) is 2.06. The normalized spacial score (nSPS) is 13.4. The van der Waals surface area contributed by atoms with Crippen LogP contribution in [0, 0.1) is 0 Å². The van der Waals surface area contributed by atoms with Gasteiger partial charge in [0.15, 0.2) is 11.5 Å². The number of hydrogen-bond acceptors (Lipinski definition) is 7. The topological polar surface area (TPSA) is 94.7 Å². The van der Waals surface area contributed by atoms with Crippen molar-refractivity contribution in [3.05, 3.63) is 34.3 Å². The minimum Gasteiger partial charge on any atom is -0.504 e. The van der Waals surface area contributed by atoms with E-state index in [0.717, 1.165) is 58.3 Å². The number of pyridine rings is 1. The molecular weight excluding hydrogens is 376 g/mol. The summed E-state index contributed by atoms with van der Waals surface area (Å²) < 4.78 is 10.5. The zero-order valence-electron chi connectivity index (χ0n) is 15.9. The summed E-state index contributed by atoms with van der Waals surface area (Å²) in [5.74, 6) is 0.0533.